The second-order valence-corrected chi connectivity index (χ2v) is 5.30. The average Bonchev–Trinajstić information content (AvgIpc) is 2.69. The van der Waals surface area contributed by atoms with Gasteiger partial charge in [-0.2, -0.15) is 0 Å². The van der Waals surface area contributed by atoms with Gasteiger partial charge in [-0.25, -0.2) is 0 Å². The van der Waals surface area contributed by atoms with E-state index in [1.807, 2.05) is 0 Å². The van der Waals surface area contributed by atoms with Crippen molar-refractivity contribution in [3.8, 4) is 0 Å². The van der Waals surface area contributed by atoms with Gasteiger partial charge >= 0.3 is 0 Å². The molecule has 0 aliphatic carbocycles. The minimum absolute atomic E-state index is 0.556. The van der Waals surface area contributed by atoms with Crippen molar-refractivity contribution >= 4 is 34.3 Å². The molecule has 0 radical (unpaired) electrons. The molecule has 0 unspecified atom stereocenters. The third kappa shape index (κ3) is 1.73. The van der Waals surface area contributed by atoms with Gasteiger partial charge in [-0.3, -0.25) is 0 Å². The van der Waals surface area contributed by atoms with E-state index in [-0.39, 0.29) is 0 Å². The second-order valence-electron chi connectivity index (χ2n) is 4.82. The van der Waals surface area contributed by atoms with Crippen molar-refractivity contribution in [2.75, 3.05) is 0 Å². The van der Waals surface area contributed by atoms with E-state index in [2.05, 4.69) is 67.9 Å². The first-order valence-electron chi connectivity index (χ1n) is 5.89. The average molecular weight is 241 g/mol. The zero-order valence-electron chi connectivity index (χ0n) is 9.99. The molecule has 1 heterocycles. The van der Waals surface area contributed by atoms with Crippen LogP contribution in [0.4, 0.5) is 0 Å². The van der Waals surface area contributed by atoms with E-state index < -0.39 is 0 Å². The van der Waals surface area contributed by atoms with Gasteiger partial charge in [0.15, 0.2) is 0 Å². The van der Waals surface area contributed by atoms with E-state index >= 15 is 0 Å². The highest BCUT2D eigenvalue weighted by Crippen LogP contribution is 2.29. The highest BCUT2D eigenvalue weighted by atomic mass is 32.1. The Labute approximate surface area is 106 Å². The molecule has 3 aromatic rings. The predicted molar refractivity (Wildman–Crippen MR) is 77.1 cm³/mol. The van der Waals surface area contributed by atoms with E-state index in [4.69, 9.17) is 0 Å². The Balaban J connectivity index is 2.41. The molecular formula is C15H15NS. The molecule has 1 aromatic heterocycles. The van der Waals surface area contributed by atoms with Gasteiger partial charge < -0.3 is 4.98 Å². The summed E-state index contributed by atoms with van der Waals surface area (Å²) in [6.45, 7) is 4.44. The van der Waals surface area contributed by atoms with Crippen LogP contribution in [0.25, 0.3) is 21.7 Å². The zero-order valence-corrected chi connectivity index (χ0v) is 10.9. The number of aromatic amines is 1. The van der Waals surface area contributed by atoms with Crippen molar-refractivity contribution < 1.29 is 0 Å². The summed E-state index contributed by atoms with van der Waals surface area (Å²) >= 11 is 4.38. The summed E-state index contributed by atoms with van der Waals surface area (Å²) in [7, 11) is 0. The molecule has 0 fully saturated rings. The zero-order chi connectivity index (χ0) is 12.0. The maximum Gasteiger partial charge on any atom is 0.0701 e. The van der Waals surface area contributed by atoms with Crippen LogP contribution < -0.4 is 0 Å². The van der Waals surface area contributed by atoms with E-state index in [0.717, 1.165) is 5.03 Å². The summed E-state index contributed by atoms with van der Waals surface area (Å²) in [5, 5.41) is 4.71. The number of rotatable bonds is 1. The fraction of sp³-hybridized carbons (Fsp3) is 0.200. The number of hydrogen-bond acceptors (Lipinski definition) is 1. The van der Waals surface area contributed by atoms with E-state index in [1.165, 1.54) is 27.2 Å². The van der Waals surface area contributed by atoms with Crippen molar-refractivity contribution in [3.05, 3.63) is 42.0 Å². The molecule has 2 aromatic carbocycles. The molecule has 3 rings (SSSR count). The largest absolute Gasteiger partial charge is 0.349 e. The summed E-state index contributed by atoms with van der Waals surface area (Å²) < 4.78 is 0. The molecule has 0 atom stereocenters. The van der Waals surface area contributed by atoms with Crippen molar-refractivity contribution in [2.45, 2.75) is 24.8 Å². The smallest absolute Gasteiger partial charge is 0.0701 e. The molecule has 17 heavy (non-hydrogen) atoms. The molecule has 0 aliphatic heterocycles. The lowest BCUT2D eigenvalue weighted by molar-refractivity contribution is 0.869. The first-order valence-corrected chi connectivity index (χ1v) is 6.34. The van der Waals surface area contributed by atoms with Gasteiger partial charge in [-0.15, -0.1) is 12.6 Å². The summed E-state index contributed by atoms with van der Waals surface area (Å²) in [6, 6.07) is 13.1. The number of thiol groups is 1. The van der Waals surface area contributed by atoms with Gasteiger partial charge in [-0.1, -0.05) is 38.1 Å². The lowest BCUT2D eigenvalue weighted by Gasteiger charge is -2.07. The minimum Gasteiger partial charge on any atom is -0.349 e. The standard InChI is InChI=1S/C15H15NS/c1-9(2)11-5-3-10-4-6-12-8-14(17)16-15(12)13(10)7-11/h3-9,16-17H,1-2H3. The number of nitrogens with one attached hydrogen (secondary N) is 1. The van der Waals surface area contributed by atoms with Crippen LogP contribution >= 0.6 is 12.6 Å². The van der Waals surface area contributed by atoms with Gasteiger partial charge in [0.1, 0.15) is 0 Å². The molecule has 0 spiro atoms. The molecule has 2 heteroatoms. The lowest BCUT2D eigenvalue weighted by atomic mass is 9.98. The summed E-state index contributed by atoms with van der Waals surface area (Å²) in [6.07, 6.45) is 0. The van der Waals surface area contributed by atoms with Crippen LogP contribution in [0.1, 0.15) is 25.3 Å². The Kier molecular flexibility index (Phi) is 2.40. The topological polar surface area (TPSA) is 15.8 Å². The lowest BCUT2D eigenvalue weighted by Crippen LogP contribution is -1.87. The van der Waals surface area contributed by atoms with Crippen LogP contribution in [0.3, 0.4) is 0 Å². The number of H-pyrrole nitrogens is 1. The summed E-state index contributed by atoms with van der Waals surface area (Å²) in [4.78, 5) is 3.33. The van der Waals surface area contributed by atoms with Crippen LogP contribution in [0.2, 0.25) is 0 Å². The van der Waals surface area contributed by atoms with Crippen molar-refractivity contribution in [3.63, 3.8) is 0 Å². The molecule has 1 N–H and O–H groups in total. The Hall–Kier alpha value is -1.41. The van der Waals surface area contributed by atoms with Crippen LogP contribution in [0.15, 0.2) is 41.4 Å². The third-order valence-electron chi connectivity index (χ3n) is 3.29. The molecule has 0 saturated carbocycles. The fourth-order valence-corrected chi connectivity index (χ4v) is 2.54. The quantitative estimate of drug-likeness (QED) is 0.573. The first-order chi connectivity index (χ1) is 8.15. The van der Waals surface area contributed by atoms with Crippen molar-refractivity contribution in [1.29, 1.82) is 0 Å². The van der Waals surface area contributed by atoms with Gasteiger partial charge in [0, 0.05) is 10.8 Å². The number of aromatic nitrogens is 1. The number of fused-ring (bicyclic) bond motifs is 3. The van der Waals surface area contributed by atoms with Crippen LogP contribution in [0, 0.1) is 0 Å². The van der Waals surface area contributed by atoms with Gasteiger partial charge in [0.05, 0.1) is 10.5 Å². The highest BCUT2D eigenvalue weighted by Gasteiger charge is 2.06. The monoisotopic (exact) mass is 241 g/mol. The number of hydrogen-bond donors (Lipinski definition) is 2. The maximum atomic E-state index is 4.38. The van der Waals surface area contributed by atoms with Gasteiger partial charge in [0.2, 0.25) is 0 Å². The van der Waals surface area contributed by atoms with Crippen LogP contribution in [0.5, 0.6) is 0 Å². The molecule has 0 saturated heterocycles. The predicted octanol–water partition coefficient (Wildman–Crippen LogP) is 4.73. The Morgan fingerprint density at radius 3 is 2.47 bits per heavy atom. The highest BCUT2D eigenvalue weighted by molar-refractivity contribution is 7.80. The van der Waals surface area contributed by atoms with Crippen LogP contribution in [-0.2, 0) is 0 Å². The summed E-state index contributed by atoms with van der Waals surface area (Å²) in [5.74, 6) is 0.556. The normalized spacial score (nSPS) is 11.8. The van der Waals surface area contributed by atoms with Crippen molar-refractivity contribution in [2.24, 2.45) is 0 Å². The molecule has 86 valence electrons. The maximum absolute atomic E-state index is 4.38. The van der Waals surface area contributed by atoms with E-state index in [0.29, 0.717) is 5.92 Å². The van der Waals surface area contributed by atoms with E-state index in [1.54, 1.807) is 0 Å². The van der Waals surface area contributed by atoms with Crippen LogP contribution in [-0.4, -0.2) is 4.98 Å². The molecule has 0 amide bonds. The second kappa shape index (κ2) is 3.81. The van der Waals surface area contributed by atoms with Gasteiger partial charge in [-0.05, 0) is 29.0 Å². The van der Waals surface area contributed by atoms with Crippen molar-refractivity contribution in [1.82, 2.24) is 4.98 Å². The Morgan fingerprint density at radius 2 is 1.71 bits per heavy atom. The molecule has 0 aliphatic rings. The number of benzene rings is 2. The van der Waals surface area contributed by atoms with E-state index in [9.17, 15) is 0 Å². The Morgan fingerprint density at radius 1 is 1.00 bits per heavy atom. The third-order valence-corrected chi connectivity index (χ3v) is 3.53. The fourth-order valence-electron chi connectivity index (χ4n) is 2.28. The molecular weight excluding hydrogens is 226 g/mol. The summed E-state index contributed by atoms with van der Waals surface area (Å²) in [5.41, 5.74) is 2.57. The molecule has 0 bridgehead atoms. The van der Waals surface area contributed by atoms with Gasteiger partial charge in [0.25, 0.3) is 0 Å². The SMILES string of the molecule is CC(C)c1ccc2ccc3cc(S)[nH]c3c2c1. The minimum atomic E-state index is 0.556. The Bertz CT molecular complexity index is 695. The first kappa shape index (κ1) is 10.7. The molecule has 1 nitrogen and oxygen atoms in total.